The first-order valence-corrected chi connectivity index (χ1v) is 5.36. The largest absolute Gasteiger partial charge is 0.481 e. The van der Waals surface area contributed by atoms with Gasteiger partial charge in [-0.1, -0.05) is 6.07 Å². The fourth-order valence-corrected chi connectivity index (χ4v) is 2.18. The summed E-state index contributed by atoms with van der Waals surface area (Å²) in [6, 6.07) is 3.92. The molecular formula is C10H10N2O2S. The highest BCUT2D eigenvalue weighted by Gasteiger charge is 2.13. The van der Waals surface area contributed by atoms with Gasteiger partial charge in [-0.15, -0.1) is 11.3 Å². The number of aromatic nitrogens is 2. The molecule has 0 saturated heterocycles. The Morgan fingerprint density at radius 2 is 2.47 bits per heavy atom. The zero-order valence-corrected chi connectivity index (χ0v) is 8.97. The Bertz CT molecular complexity index is 474. The lowest BCUT2D eigenvalue weighted by atomic mass is 10.1. The van der Waals surface area contributed by atoms with Crippen molar-refractivity contribution in [3.8, 4) is 10.6 Å². The van der Waals surface area contributed by atoms with E-state index in [0.29, 0.717) is 5.69 Å². The van der Waals surface area contributed by atoms with Crippen molar-refractivity contribution >= 4 is 17.3 Å². The molecule has 15 heavy (non-hydrogen) atoms. The number of nitrogens with zero attached hydrogens (tertiary/aromatic N) is 1. The van der Waals surface area contributed by atoms with Crippen LogP contribution in [0.4, 0.5) is 0 Å². The van der Waals surface area contributed by atoms with E-state index in [1.54, 1.807) is 11.3 Å². The van der Waals surface area contributed by atoms with Crippen LogP contribution in [0.25, 0.3) is 10.6 Å². The summed E-state index contributed by atoms with van der Waals surface area (Å²) in [5.74, 6) is -0.848. The lowest BCUT2D eigenvalue weighted by Gasteiger charge is -1.95. The number of carboxylic acids is 1. The molecule has 0 spiro atoms. The lowest BCUT2D eigenvalue weighted by molar-refractivity contribution is -0.136. The number of aliphatic carboxylic acids is 1. The number of H-pyrrole nitrogens is 1. The third-order valence-electron chi connectivity index (χ3n) is 2.19. The highest BCUT2D eigenvalue weighted by atomic mass is 32.1. The normalized spacial score (nSPS) is 10.5. The summed E-state index contributed by atoms with van der Waals surface area (Å²) >= 11 is 1.59. The molecular weight excluding hydrogens is 212 g/mol. The molecule has 0 radical (unpaired) electrons. The van der Waals surface area contributed by atoms with E-state index in [-0.39, 0.29) is 6.42 Å². The number of aromatic amines is 1. The predicted octanol–water partition coefficient (Wildman–Crippen LogP) is 2.07. The molecule has 0 atom stereocenters. The summed E-state index contributed by atoms with van der Waals surface area (Å²) < 4.78 is 0. The number of rotatable bonds is 3. The second-order valence-electron chi connectivity index (χ2n) is 3.22. The summed E-state index contributed by atoms with van der Waals surface area (Å²) in [5, 5.41) is 17.6. The maximum Gasteiger partial charge on any atom is 0.309 e. The Hall–Kier alpha value is -1.62. The van der Waals surface area contributed by atoms with Gasteiger partial charge in [0, 0.05) is 5.69 Å². The van der Waals surface area contributed by atoms with Gasteiger partial charge in [0.15, 0.2) is 0 Å². The fourth-order valence-electron chi connectivity index (χ4n) is 1.41. The van der Waals surface area contributed by atoms with Crippen LogP contribution < -0.4 is 0 Å². The average molecular weight is 222 g/mol. The molecule has 0 bridgehead atoms. The number of thiophene rings is 1. The number of nitrogens with one attached hydrogen (secondary N) is 1. The Labute approximate surface area is 90.6 Å². The molecule has 0 aromatic carbocycles. The Balaban J connectivity index is 2.36. The van der Waals surface area contributed by atoms with Crippen LogP contribution in [0.1, 0.15) is 11.3 Å². The van der Waals surface area contributed by atoms with E-state index in [1.165, 1.54) is 0 Å². The molecule has 0 amide bonds. The van der Waals surface area contributed by atoms with Gasteiger partial charge in [0.1, 0.15) is 5.69 Å². The molecule has 2 N–H and O–H groups in total. The van der Waals surface area contributed by atoms with Crippen molar-refractivity contribution in [2.45, 2.75) is 13.3 Å². The van der Waals surface area contributed by atoms with Crippen LogP contribution in [-0.2, 0) is 11.2 Å². The minimum Gasteiger partial charge on any atom is -0.481 e. The SMILES string of the molecule is Cc1c(-c2cccs2)n[nH]c1CC(=O)O. The zero-order valence-electron chi connectivity index (χ0n) is 8.15. The molecule has 0 aliphatic carbocycles. The molecule has 4 nitrogen and oxygen atoms in total. The molecule has 2 aromatic heterocycles. The first-order valence-electron chi connectivity index (χ1n) is 4.48. The topological polar surface area (TPSA) is 66.0 Å². The van der Waals surface area contributed by atoms with Crippen LogP contribution in [0.15, 0.2) is 17.5 Å². The summed E-state index contributed by atoms with van der Waals surface area (Å²) in [6.07, 6.45) is -0.00971. The first-order chi connectivity index (χ1) is 7.18. The van der Waals surface area contributed by atoms with Crippen molar-refractivity contribution in [3.63, 3.8) is 0 Å². The second kappa shape index (κ2) is 3.86. The smallest absolute Gasteiger partial charge is 0.309 e. The summed E-state index contributed by atoms with van der Waals surface area (Å²) in [5.41, 5.74) is 2.44. The van der Waals surface area contributed by atoms with Crippen LogP contribution >= 0.6 is 11.3 Å². The van der Waals surface area contributed by atoms with Crippen LogP contribution in [0.5, 0.6) is 0 Å². The lowest BCUT2D eigenvalue weighted by Crippen LogP contribution is -2.01. The first kappa shape index (κ1) is 9.92. The fraction of sp³-hybridized carbons (Fsp3) is 0.200. The second-order valence-corrected chi connectivity index (χ2v) is 4.17. The van der Waals surface area contributed by atoms with E-state index in [2.05, 4.69) is 10.2 Å². The third kappa shape index (κ3) is 1.92. The minimum absolute atomic E-state index is 0.00971. The van der Waals surface area contributed by atoms with Crippen molar-refractivity contribution in [1.29, 1.82) is 0 Å². The summed E-state index contributed by atoms with van der Waals surface area (Å²) in [4.78, 5) is 11.6. The molecule has 2 rings (SSSR count). The molecule has 0 aliphatic heterocycles. The molecule has 0 unspecified atom stereocenters. The number of carboxylic acid groups (broad SMARTS) is 1. The van der Waals surface area contributed by atoms with Gasteiger partial charge in [0.05, 0.1) is 11.3 Å². The Morgan fingerprint density at radius 1 is 1.67 bits per heavy atom. The highest BCUT2D eigenvalue weighted by Crippen LogP contribution is 2.27. The van der Waals surface area contributed by atoms with Gasteiger partial charge in [0.2, 0.25) is 0 Å². The Kier molecular flexibility index (Phi) is 2.55. The molecule has 0 fully saturated rings. The van der Waals surface area contributed by atoms with E-state index < -0.39 is 5.97 Å². The van der Waals surface area contributed by atoms with E-state index in [4.69, 9.17) is 5.11 Å². The number of hydrogen-bond donors (Lipinski definition) is 2. The van der Waals surface area contributed by atoms with Gasteiger partial charge in [-0.25, -0.2) is 0 Å². The van der Waals surface area contributed by atoms with Crippen molar-refractivity contribution in [2.24, 2.45) is 0 Å². The van der Waals surface area contributed by atoms with E-state index in [9.17, 15) is 4.79 Å². The number of hydrogen-bond acceptors (Lipinski definition) is 3. The molecule has 0 aliphatic rings. The summed E-state index contributed by atoms with van der Waals surface area (Å²) in [7, 11) is 0. The molecule has 5 heteroatoms. The average Bonchev–Trinajstić information content (AvgIpc) is 2.76. The highest BCUT2D eigenvalue weighted by molar-refractivity contribution is 7.13. The van der Waals surface area contributed by atoms with Crippen molar-refractivity contribution in [3.05, 3.63) is 28.8 Å². The molecule has 78 valence electrons. The standard InChI is InChI=1S/C10H10N2O2S/c1-6-7(5-9(13)14)11-12-10(6)8-3-2-4-15-8/h2-4H,5H2,1H3,(H,11,12)(H,13,14). The van der Waals surface area contributed by atoms with Crippen LogP contribution in [0.2, 0.25) is 0 Å². The van der Waals surface area contributed by atoms with E-state index in [1.807, 2.05) is 24.4 Å². The van der Waals surface area contributed by atoms with Gasteiger partial charge in [-0.3, -0.25) is 9.89 Å². The molecule has 2 aromatic rings. The zero-order chi connectivity index (χ0) is 10.8. The molecule has 0 saturated carbocycles. The van der Waals surface area contributed by atoms with Crippen LogP contribution in [-0.4, -0.2) is 21.3 Å². The molecule has 2 heterocycles. The van der Waals surface area contributed by atoms with Crippen molar-refractivity contribution in [2.75, 3.05) is 0 Å². The quantitative estimate of drug-likeness (QED) is 0.835. The van der Waals surface area contributed by atoms with E-state index in [0.717, 1.165) is 16.1 Å². The van der Waals surface area contributed by atoms with Crippen LogP contribution in [0, 0.1) is 6.92 Å². The number of carbonyl (C=O) groups is 1. The summed E-state index contributed by atoms with van der Waals surface area (Å²) in [6.45, 7) is 1.89. The Morgan fingerprint density at radius 3 is 3.07 bits per heavy atom. The monoisotopic (exact) mass is 222 g/mol. The van der Waals surface area contributed by atoms with Crippen LogP contribution in [0.3, 0.4) is 0 Å². The van der Waals surface area contributed by atoms with E-state index >= 15 is 0 Å². The van der Waals surface area contributed by atoms with Crippen molar-refractivity contribution < 1.29 is 9.90 Å². The van der Waals surface area contributed by atoms with Crippen molar-refractivity contribution in [1.82, 2.24) is 10.2 Å². The van der Waals surface area contributed by atoms with Gasteiger partial charge in [-0.2, -0.15) is 5.10 Å². The van der Waals surface area contributed by atoms with Gasteiger partial charge in [-0.05, 0) is 23.9 Å². The minimum atomic E-state index is -0.848. The maximum atomic E-state index is 10.6. The maximum absolute atomic E-state index is 10.6. The predicted molar refractivity (Wildman–Crippen MR) is 58.0 cm³/mol. The van der Waals surface area contributed by atoms with Gasteiger partial charge < -0.3 is 5.11 Å². The van der Waals surface area contributed by atoms with Gasteiger partial charge in [0.25, 0.3) is 0 Å². The third-order valence-corrected chi connectivity index (χ3v) is 3.07. The van der Waals surface area contributed by atoms with Gasteiger partial charge >= 0.3 is 5.97 Å².